The summed E-state index contributed by atoms with van der Waals surface area (Å²) >= 11 is 0. The van der Waals surface area contributed by atoms with E-state index in [1.165, 1.54) is 13.8 Å². The maximum absolute atomic E-state index is 12.2. The Labute approximate surface area is 89.7 Å². The number of carboxylic acid groups (broad SMARTS) is 1. The van der Waals surface area contributed by atoms with Gasteiger partial charge in [0.15, 0.2) is 5.69 Å². The molecule has 90 valence electrons. The molecule has 0 aliphatic rings. The average molecular weight is 236 g/mol. The van der Waals surface area contributed by atoms with Crippen molar-refractivity contribution in [3.63, 3.8) is 0 Å². The SMILES string of the molecule is CC(C)(Cn1ccc(C(F)(F)F)n1)C(=O)O. The van der Waals surface area contributed by atoms with E-state index in [1.807, 2.05) is 0 Å². The first-order valence-electron chi connectivity index (χ1n) is 4.47. The molecule has 0 bridgehead atoms. The fourth-order valence-corrected chi connectivity index (χ4v) is 1.07. The van der Waals surface area contributed by atoms with Crippen LogP contribution >= 0.6 is 0 Å². The number of alkyl halides is 3. The van der Waals surface area contributed by atoms with Gasteiger partial charge in [-0.15, -0.1) is 0 Å². The maximum Gasteiger partial charge on any atom is 0.435 e. The number of aromatic nitrogens is 2. The van der Waals surface area contributed by atoms with Gasteiger partial charge in [0.05, 0.1) is 12.0 Å². The third-order valence-electron chi connectivity index (χ3n) is 2.07. The van der Waals surface area contributed by atoms with Crippen LogP contribution in [0.15, 0.2) is 12.3 Å². The quantitative estimate of drug-likeness (QED) is 0.873. The molecule has 0 radical (unpaired) electrons. The lowest BCUT2D eigenvalue weighted by Crippen LogP contribution is -2.29. The molecule has 1 aromatic heterocycles. The summed E-state index contributed by atoms with van der Waals surface area (Å²) in [6.07, 6.45) is -3.38. The van der Waals surface area contributed by atoms with Gasteiger partial charge in [-0.2, -0.15) is 18.3 Å². The van der Waals surface area contributed by atoms with E-state index in [9.17, 15) is 18.0 Å². The van der Waals surface area contributed by atoms with Gasteiger partial charge in [0.1, 0.15) is 0 Å². The third kappa shape index (κ3) is 2.74. The lowest BCUT2D eigenvalue weighted by atomic mass is 9.94. The summed E-state index contributed by atoms with van der Waals surface area (Å²) in [7, 11) is 0. The Kier molecular flexibility index (Phi) is 2.98. The van der Waals surface area contributed by atoms with Crippen molar-refractivity contribution in [2.75, 3.05) is 0 Å². The van der Waals surface area contributed by atoms with Gasteiger partial charge in [-0.3, -0.25) is 9.48 Å². The second kappa shape index (κ2) is 3.80. The molecule has 0 saturated carbocycles. The number of carboxylic acids is 1. The Morgan fingerprint density at radius 3 is 2.44 bits per heavy atom. The van der Waals surface area contributed by atoms with Gasteiger partial charge in [-0.1, -0.05) is 0 Å². The van der Waals surface area contributed by atoms with E-state index in [0.29, 0.717) is 0 Å². The Hall–Kier alpha value is -1.53. The van der Waals surface area contributed by atoms with Crippen molar-refractivity contribution in [2.24, 2.45) is 5.41 Å². The van der Waals surface area contributed by atoms with Crippen LogP contribution in [0.3, 0.4) is 0 Å². The molecule has 0 atom stereocenters. The zero-order valence-electron chi connectivity index (χ0n) is 8.75. The van der Waals surface area contributed by atoms with Crippen LogP contribution in [0.1, 0.15) is 19.5 Å². The van der Waals surface area contributed by atoms with Crippen LogP contribution in [-0.4, -0.2) is 20.9 Å². The van der Waals surface area contributed by atoms with Crippen molar-refractivity contribution in [3.8, 4) is 0 Å². The fraction of sp³-hybridized carbons (Fsp3) is 0.556. The van der Waals surface area contributed by atoms with E-state index < -0.39 is 23.3 Å². The molecule has 0 amide bonds. The molecule has 0 aliphatic heterocycles. The number of aliphatic carboxylic acids is 1. The zero-order chi connectivity index (χ0) is 12.6. The van der Waals surface area contributed by atoms with Gasteiger partial charge in [-0.05, 0) is 19.9 Å². The topological polar surface area (TPSA) is 55.1 Å². The standard InChI is InChI=1S/C9H11F3N2O2/c1-8(2,7(15)16)5-14-4-3-6(13-14)9(10,11)12/h3-4H,5H2,1-2H3,(H,15,16). The molecule has 16 heavy (non-hydrogen) atoms. The Balaban J connectivity index is 2.85. The van der Waals surface area contributed by atoms with Crippen molar-refractivity contribution < 1.29 is 23.1 Å². The van der Waals surface area contributed by atoms with Gasteiger partial charge < -0.3 is 5.11 Å². The predicted molar refractivity (Wildman–Crippen MR) is 48.6 cm³/mol. The van der Waals surface area contributed by atoms with E-state index >= 15 is 0 Å². The minimum atomic E-state index is -4.50. The van der Waals surface area contributed by atoms with Crippen LogP contribution in [0.5, 0.6) is 0 Å². The highest BCUT2D eigenvalue weighted by atomic mass is 19.4. The van der Waals surface area contributed by atoms with Crippen molar-refractivity contribution in [1.29, 1.82) is 0 Å². The summed E-state index contributed by atoms with van der Waals surface area (Å²) in [6.45, 7) is 2.73. The maximum atomic E-state index is 12.2. The van der Waals surface area contributed by atoms with E-state index in [1.54, 1.807) is 0 Å². The molecule has 1 aromatic rings. The minimum absolute atomic E-state index is 0.113. The largest absolute Gasteiger partial charge is 0.481 e. The molecule has 0 aliphatic carbocycles. The van der Waals surface area contributed by atoms with Crippen LogP contribution < -0.4 is 0 Å². The number of rotatable bonds is 3. The normalized spacial score (nSPS) is 12.8. The monoisotopic (exact) mass is 236 g/mol. The van der Waals surface area contributed by atoms with Crippen LogP contribution in [-0.2, 0) is 17.5 Å². The number of nitrogens with zero attached hydrogens (tertiary/aromatic N) is 2. The molecular formula is C9H11F3N2O2. The third-order valence-corrected chi connectivity index (χ3v) is 2.07. The van der Waals surface area contributed by atoms with E-state index in [0.717, 1.165) is 16.9 Å². The highest BCUT2D eigenvalue weighted by molar-refractivity contribution is 5.73. The van der Waals surface area contributed by atoms with Crippen molar-refractivity contribution >= 4 is 5.97 Å². The van der Waals surface area contributed by atoms with Crippen LogP contribution in [0.2, 0.25) is 0 Å². The molecule has 0 aromatic carbocycles. The first-order valence-corrected chi connectivity index (χ1v) is 4.47. The summed E-state index contributed by atoms with van der Waals surface area (Å²) < 4.78 is 37.6. The summed E-state index contributed by atoms with van der Waals surface area (Å²) in [5.41, 5.74) is -2.18. The van der Waals surface area contributed by atoms with Crippen LogP contribution in [0.4, 0.5) is 13.2 Å². The van der Waals surface area contributed by atoms with Crippen molar-refractivity contribution in [3.05, 3.63) is 18.0 Å². The molecule has 7 heteroatoms. The van der Waals surface area contributed by atoms with Crippen molar-refractivity contribution in [1.82, 2.24) is 9.78 Å². The first kappa shape index (κ1) is 12.5. The second-order valence-corrected chi connectivity index (χ2v) is 4.09. The highest BCUT2D eigenvalue weighted by Gasteiger charge is 2.34. The molecule has 0 fully saturated rings. The van der Waals surface area contributed by atoms with Gasteiger partial charge in [0.2, 0.25) is 0 Å². The Morgan fingerprint density at radius 2 is 2.06 bits per heavy atom. The summed E-state index contributed by atoms with van der Waals surface area (Å²) in [5.74, 6) is -1.09. The van der Waals surface area contributed by atoms with Crippen molar-refractivity contribution in [2.45, 2.75) is 26.6 Å². The summed E-state index contributed by atoms with van der Waals surface area (Å²) in [5, 5.41) is 12.1. The summed E-state index contributed by atoms with van der Waals surface area (Å²) in [4.78, 5) is 10.8. The second-order valence-electron chi connectivity index (χ2n) is 4.09. The van der Waals surface area contributed by atoms with E-state index in [2.05, 4.69) is 5.10 Å². The van der Waals surface area contributed by atoms with Gasteiger partial charge in [0.25, 0.3) is 0 Å². The molecular weight excluding hydrogens is 225 g/mol. The number of carbonyl (C=O) groups is 1. The smallest absolute Gasteiger partial charge is 0.435 e. The minimum Gasteiger partial charge on any atom is -0.481 e. The molecule has 4 nitrogen and oxygen atoms in total. The molecule has 0 unspecified atom stereocenters. The fourth-order valence-electron chi connectivity index (χ4n) is 1.07. The van der Waals surface area contributed by atoms with Gasteiger partial charge in [0, 0.05) is 6.20 Å². The van der Waals surface area contributed by atoms with E-state index in [-0.39, 0.29) is 6.54 Å². The number of hydrogen-bond acceptors (Lipinski definition) is 2. The van der Waals surface area contributed by atoms with Gasteiger partial charge in [-0.25, -0.2) is 0 Å². The zero-order valence-corrected chi connectivity index (χ0v) is 8.75. The summed E-state index contributed by atoms with van der Waals surface area (Å²) in [6, 6.07) is 0.817. The first-order chi connectivity index (χ1) is 7.13. The molecule has 0 spiro atoms. The Morgan fingerprint density at radius 1 is 1.50 bits per heavy atom. The number of hydrogen-bond donors (Lipinski definition) is 1. The molecule has 0 saturated heterocycles. The lowest BCUT2D eigenvalue weighted by molar-refractivity contribution is -0.147. The van der Waals surface area contributed by atoms with Crippen LogP contribution in [0.25, 0.3) is 0 Å². The van der Waals surface area contributed by atoms with Crippen LogP contribution in [0, 0.1) is 5.41 Å². The molecule has 1 heterocycles. The molecule has 1 N–H and O–H groups in total. The predicted octanol–water partition coefficient (Wildman–Crippen LogP) is 2.01. The average Bonchev–Trinajstić information content (AvgIpc) is 2.50. The highest BCUT2D eigenvalue weighted by Crippen LogP contribution is 2.28. The number of halogens is 3. The Bertz CT molecular complexity index is 396. The molecule has 1 rings (SSSR count). The lowest BCUT2D eigenvalue weighted by Gasteiger charge is -2.18. The van der Waals surface area contributed by atoms with E-state index in [4.69, 9.17) is 5.11 Å². The van der Waals surface area contributed by atoms with Gasteiger partial charge >= 0.3 is 12.1 Å².